The van der Waals surface area contributed by atoms with Crippen molar-refractivity contribution in [2.75, 3.05) is 6.61 Å². The van der Waals surface area contributed by atoms with Crippen LogP contribution >= 0.6 is 0 Å². The fourth-order valence-corrected chi connectivity index (χ4v) is 3.99. The summed E-state index contributed by atoms with van der Waals surface area (Å²) in [5.41, 5.74) is 1.18. The molecule has 0 atom stereocenters. The predicted octanol–water partition coefficient (Wildman–Crippen LogP) is 0.00300. The first-order valence-corrected chi connectivity index (χ1v) is 12.2. The van der Waals surface area contributed by atoms with Crippen LogP contribution in [0.15, 0.2) is 30.3 Å². The van der Waals surface area contributed by atoms with E-state index < -0.39 is 28.1 Å². The smallest absolute Gasteiger partial charge is 0.442 e. The van der Waals surface area contributed by atoms with Crippen LogP contribution in [0.3, 0.4) is 0 Å². The highest BCUT2D eigenvalue weighted by molar-refractivity contribution is 6.55. The average Bonchev–Trinajstić information content (AvgIpc) is 2.41. The molecular weight excluding hydrogens is 312 g/mol. The van der Waals surface area contributed by atoms with Gasteiger partial charge in [0.25, 0.3) is 0 Å². The Hall–Kier alpha value is -0.369. The zero-order valence-electron chi connectivity index (χ0n) is 11.8. The van der Waals surface area contributed by atoms with Crippen LogP contribution in [0, 0.1) is 0 Å². The molecule has 20 heavy (non-hydrogen) atoms. The largest absolute Gasteiger partial charge is 0.701 e. The van der Waals surface area contributed by atoms with Gasteiger partial charge in [0, 0.05) is 6.61 Å². The second kappa shape index (κ2) is 9.55. The summed E-state index contributed by atoms with van der Waals surface area (Å²) in [7, 11) is -6.63. The molecule has 0 aliphatic carbocycles. The van der Waals surface area contributed by atoms with E-state index in [9.17, 15) is 9.59 Å². The van der Waals surface area contributed by atoms with E-state index in [1.165, 1.54) is 5.56 Å². The third kappa shape index (κ3) is 8.73. The molecule has 1 aromatic carbocycles. The molecule has 0 radical (unpaired) electrons. The van der Waals surface area contributed by atoms with Crippen molar-refractivity contribution < 1.29 is 27.3 Å². The molecule has 9 heteroatoms. The number of hydrogen-bond donors (Lipinski definition) is 2. The lowest BCUT2D eigenvalue weighted by molar-refractivity contribution is -0.192. The zero-order chi connectivity index (χ0) is 14.8. The molecule has 1 rings (SSSR count). The van der Waals surface area contributed by atoms with Crippen LogP contribution in [0.1, 0.15) is 12.0 Å². The fourth-order valence-electron chi connectivity index (χ4n) is 1.41. The van der Waals surface area contributed by atoms with Gasteiger partial charge < -0.3 is 18.1 Å². The van der Waals surface area contributed by atoms with E-state index in [1.54, 1.807) is 0 Å². The highest BCUT2D eigenvalue weighted by atomic mass is 28.4. The molecule has 0 saturated carbocycles. The van der Waals surface area contributed by atoms with Crippen molar-refractivity contribution in [1.82, 2.24) is 0 Å². The van der Waals surface area contributed by atoms with Crippen molar-refractivity contribution in [2.45, 2.75) is 25.9 Å². The predicted molar refractivity (Wildman–Crippen MR) is 81.6 cm³/mol. The van der Waals surface area contributed by atoms with Gasteiger partial charge in [0.05, 0.1) is 0 Å². The van der Waals surface area contributed by atoms with Gasteiger partial charge in [0.1, 0.15) is 0 Å². The van der Waals surface area contributed by atoms with Gasteiger partial charge in [-0.15, -0.1) is 0 Å². The van der Waals surface area contributed by atoms with Gasteiger partial charge in [0.2, 0.25) is 0 Å². The first-order valence-electron chi connectivity index (χ1n) is 6.54. The highest BCUT2D eigenvalue weighted by Crippen LogP contribution is 2.05. The van der Waals surface area contributed by atoms with E-state index in [1.807, 2.05) is 43.4 Å². The van der Waals surface area contributed by atoms with E-state index in [-0.39, 0.29) is 6.61 Å². The minimum atomic E-state index is -4.17. The molecule has 0 spiro atoms. The second-order valence-electron chi connectivity index (χ2n) is 4.52. The van der Waals surface area contributed by atoms with Crippen molar-refractivity contribution in [1.29, 1.82) is 0 Å². The molecule has 0 aromatic heterocycles. The fraction of sp³-hybridized carbons (Fsp3) is 0.455. The molecule has 0 saturated heterocycles. The molecule has 0 amide bonds. The number of benzene rings is 1. The Morgan fingerprint density at radius 3 is 2.55 bits per heavy atom. The Morgan fingerprint density at radius 2 is 1.90 bits per heavy atom. The van der Waals surface area contributed by atoms with Crippen molar-refractivity contribution in [3.8, 4) is 0 Å². The van der Waals surface area contributed by atoms with E-state index in [0.717, 1.165) is 6.42 Å². The number of hydrogen-bond acceptors (Lipinski definition) is 6. The normalized spacial score (nSPS) is 12.7. The van der Waals surface area contributed by atoms with Gasteiger partial charge >= 0.3 is 19.1 Å². The van der Waals surface area contributed by atoms with Crippen molar-refractivity contribution in [3.05, 3.63) is 35.9 Å². The average molecular weight is 335 g/mol. The minimum Gasteiger partial charge on any atom is -0.442 e. The number of rotatable bonds is 10. The maximum Gasteiger partial charge on any atom is 0.701 e. The lowest BCUT2D eigenvalue weighted by Crippen LogP contribution is -2.43. The lowest BCUT2D eigenvalue weighted by atomic mass is 10.1. The van der Waals surface area contributed by atoms with Crippen LogP contribution in [-0.4, -0.2) is 44.3 Å². The lowest BCUT2D eigenvalue weighted by Gasteiger charge is -2.16. The maximum atomic E-state index is 9.48. The summed E-state index contributed by atoms with van der Waals surface area (Å²) in [5, 5.41) is 0. The summed E-state index contributed by atoms with van der Waals surface area (Å²) in [4.78, 5) is 19.0. The van der Waals surface area contributed by atoms with Gasteiger partial charge in [-0.3, -0.25) is 4.58 Å². The summed E-state index contributed by atoms with van der Waals surface area (Å²) in [6.45, 7) is 4.21. The molecule has 114 valence electrons. The van der Waals surface area contributed by atoms with Crippen LogP contribution in [0.5, 0.6) is 0 Å². The monoisotopic (exact) mass is 334 g/mol. The Labute approximate surface area is 124 Å². The Balaban J connectivity index is 2.10. The van der Waals surface area contributed by atoms with Crippen LogP contribution in [0.2, 0.25) is 13.1 Å². The van der Waals surface area contributed by atoms with E-state index in [0.29, 0.717) is 6.42 Å². The molecule has 0 fully saturated rings. The highest BCUT2D eigenvalue weighted by Gasteiger charge is 2.38. The van der Waals surface area contributed by atoms with Crippen LogP contribution in [0.4, 0.5) is 0 Å². The second-order valence-corrected chi connectivity index (χ2v) is 9.98. The van der Waals surface area contributed by atoms with E-state index >= 15 is 0 Å². The standard InChI is InChI=1S/C11H22O6Si3/c1-19(2)17-18-15-16-20(12,13)14-10-6-9-11-7-4-3-5-8-11/h3-5,7-8,12-13,19H,6,9-10,18H2,1-2H3. The van der Waals surface area contributed by atoms with Gasteiger partial charge in [-0.1, -0.05) is 30.3 Å². The molecule has 1 aromatic rings. The zero-order valence-corrected chi connectivity index (χ0v) is 15.4. The third-order valence-corrected chi connectivity index (χ3v) is 6.94. The van der Waals surface area contributed by atoms with E-state index in [4.69, 9.17) is 13.1 Å². The summed E-state index contributed by atoms with van der Waals surface area (Å²) >= 11 is 0. The minimum absolute atomic E-state index is 0.207. The summed E-state index contributed by atoms with van der Waals surface area (Å²) < 4.78 is 19.5. The van der Waals surface area contributed by atoms with Crippen LogP contribution in [0.25, 0.3) is 0 Å². The Kier molecular flexibility index (Phi) is 8.44. The van der Waals surface area contributed by atoms with Gasteiger partial charge in [-0.2, -0.15) is 0 Å². The maximum absolute atomic E-state index is 9.48. The van der Waals surface area contributed by atoms with Crippen molar-refractivity contribution >= 4 is 28.1 Å². The Morgan fingerprint density at radius 1 is 1.20 bits per heavy atom. The van der Waals surface area contributed by atoms with Crippen LogP contribution in [-0.2, 0) is 24.1 Å². The van der Waals surface area contributed by atoms with Crippen LogP contribution < -0.4 is 0 Å². The Bertz CT molecular complexity index is 362. The quantitative estimate of drug-likeness (QED) is 0.271. The SMILES string of the molecule is C[SiH](C)O[SiH2]OO[Si](O)(O)OCCCc1ccccc1. The third-order valence-electron chi connectivity index (χ3n) is 2.36. The topological polar surface area (TPSA) is 77.4 Å². The first-order chi connectivity index (χ1) is 9.49. The van der Waals surface area contributed by atoms with Gasteiger partial charge in [-0.05, 0) is 31.5 Å². The summed E-state index contributed by atoms with van der Waals surface area (Å²) in [6.07, 6.45) is 1.49. The molecule has 0 aliphatic heterocycles. The van der Waals surface area contributed by atoms with Crippen molar-refractivity contribution in [2.24, 2.45) is 0 Å². The van der Waals surface area contributed by atoms with Crippen molar-refractivity contribution in [3.63, 3.8) is 0 Å². The molecule has 6 nitrogen and oxygen atoms in total. The molecule has 0 heterocycles. The first kappa shape index (κ1) is 17.7. The molecule has 0 aliphatic rings. The molecule has 2 N–H and O–H groups in total. The summed E-state index contributed by atoms with van der Waals surface area (Å²) in [6, 6.07) is 9.91. The summed E-state index contributed by atoms with van der Waals surface area (Å²) in [5.74, 6) is 0. The number of aryl methyl sites for hydroxylation is 1. The van der Waals surface area contributed by atoms with E-state index in [2.05, 4.69) is 4.58 Å². The molecule has 0 unspecified atom stereocenters. The molecule has 0 bridgehead atoms. The van der Waals surface area contributed by atoms with Gasteiger partial charge in [-0.25, -0.2) is 4.58 Å². The van der Waals surface area contributed by atoms with Gasteiger partial charge in [0.15, 0.2) is 9.04 Å². The molecular formula is C11H22O6Si3.